The van der Waals surface area contributed by atoms with Gasteiger partial charge in [0.05, 0.1) is 13.7 Å². The molecule has 0 saturated carbocycles. The van der Waals surface area contributed by atoms with E-state index in [1.165, 1.54) is 5.57 Å². The van der Waals surface area contributed by atoms with Crippen LogP contribution in [0.25, 0.3) is 0 Å². The molecule has 50 valence electrons. The van der Waals surface area contributed by atoms with E-state index in [2.05, 4.69) is 10.3 Å². The first-order chi connectivity index (χ1) is 4.33. The molecule has 0 aliphatic carbocycles. The molecule has 0 amide bonds. The van der Waals surface area contributed by atoms with Crippen molar-refractivity contribution in [3.05, 3.63) is 11.8 Å². The van der Waals surface area contributed by atoms with Crippen molar-refractivity contribution in [3.63, 3.8) is 0 Å². The standard InChI is InChI=1S/C6H10N2O/c1-5-3-7-6(9-2)8-4-5/h3H,4H2,1-2H3,(H,7,8). The van der Waals surface area contributed by atoms with Gasteiger partial charge in [-0.2, -0.15) is 0 Å². The molecule has 0 unspecified atom stereocenters. The van der Waals surface area contributed by atoms with E-state index in [0.717, 1.165) is 6.54 Å². The van der Waals surface area contributed by atoms with Gasteiger partial charge in [-0.3, -0.25) is 0 Å². The molecular formula is C6H10N2O. The Labute approximate surface area is 54.4 Å². The van der Waals surface area contributed by atoms with Crippen molar-refractivity contribution in [2.24, 2.45) is 4.99 Å². The van der Waals surface area contributed by atoms with Crippen LogP contribution in [0, 0.1) is 0 Å². The normalized spacial score (nSPS) is 17.6. The van der Waals surface area contributed by atoms with Crippen LogP contribution in [-0.4, -0.2) is 19.7 Å². The minimum atomic E-state index is 0.598. The molecule has 0 aromatic rings. The number of ether oxygens (including phenoxy) is 1. The van der Waals surface area contributed by atoms with Crippen molar-refractivity contribution in [2.75, 3.05) is 13.7 Å². The Morgan fingerprint density at radius 1 is 1.78 bits per heavy atom. The lowest BCUT2D eigenvalue weighted by Crippen LogP contribution is -2.23. The Morgan fingerprint density at radius 2 is 2.56 bits per heavy atom. The van der Waals surface area contributed by atoms with Gasteiger partial charge in [0.25, 0.3) is 6.02 Å². The molecular weight excluding hydrogens is 116 g/mol. The van der Waals surface area contributed by atoms with Gasteiger partial charge in [0.1, 0.15) is 0 Å². The highest BCUT2D eigenvalue weighted by molar-refractivity contribution is 5.75. The number of methoxy groups -OCH3 is 1. The lowest BCUT2D eigenvalue weighted by atomic mass is 10.3. The topological polar surface area (TPSA) is 33.6 Å². The van der Waals surface area contributed by atoms with Crippen molar-refractivity contribution in [2.45, 2.75) is 6.92 Å². The molecule has 0 bridgehead atoms. The number of aliphatic imine (C=N–C) groups is 1. The van der Waals surface area contributed by atoms with E-state index in [4.69, 9.17) is 4.74 Å². The van der Waals surface area contributed by atoms with Gasteiger partial charge in [0, 0.05) is 6.20 Å². The first kappa shape index (κ1) is 6.13. The summed E-state index contributed by atoms with van der Waals surface area (Å²) in [5.74, 6) is 0. The summed E-state index contributed by atoms with van der Waals surface area (Å²) < 4.78 is 4.83. The minimum Gasteiger partial charge on any atom is -0.468 e. The summed E-state index contributed by atoms with van der Waals surface area (Å²) in [6.45, 7) is 2.76. The molecule has 0 fully saturated rings. The maximum absolute atomic E-state index is 4.83. The van der Waals surface area contributed by atoms with E-state index in [9.17, 15) is 0 Å². The van der Waals surface area contributed by atoms with E-state index >= 15 is 0 Å². The van der Waals surface area contributed by atoms with Gasteiger partial charge in [0.2, 0.25) is 0 Å². The number of amidine groups is 1. The Kier molecular flexibility index (Phi) is 1.72. The highest BCUT2D eigenvalue weighted by Gasteiger charge is 1.99. The summed E-state index contributed by atoms with van der Waals surface area (Å²) in [6.07, 6.45) is 1.89. The van der Waals surface area contributed by atoms with Crippen molar-refractivity contribution >= 4 is 6.02 Å². The van der Waals surface area contributed by atoms with Crippen LogP contribution in [-0.2, 0) is 4.74 Å². The number of nitrogens with one attached hydrogen (secondary N) is 1. The molecule has 0 atom stereocenters. The third-order valence-corrected chi connectivity index (χ3v) is 1.11. The smallest absolute Gasteiger partial charge is 0.288 e. The minimum absolute atomic E-state index is 0.598. The molecule has 1 aliphatic heterocycles. The predicted octanol–water partition coefficient (Wildman–Crippen LogP) is 0.496. The number of rotatable bonds is 0. The second-order valence-corrected chi connectivity index (χ2v) is 1.96. The first-order valence-corrected chi connectivity index (χ1v) is 2.83. The molecule has 9 heavy (non-hydrogen) atoms. The Hall–Kier alpha value is -0.990. The molecule has 3 nitrogen and oxygen atoms in total. The van der Waals surface area contributed by atoms with Crippen LogP contribution < -0.4 is 5.32 Å². The fraction of sp³-hybridized carbons (Fsp3) is 0.500. The number of nitrogens with zero attached hydrogens (tertiary/aromatic N) is 1. The summed E-state index contributed by atoms with van der Waals surface area (Å²) in [6, 6.07) is 0.598. The summed E-state index contributed by atoms with van der Waals surface area (Å²) in [5, 5.41) is 2.88. The van der Waals surface area contributed by atoms with Gasteiger partial charge in [0.15, 0.2) is 0 Å². The maximum atomic E-state index is 4.83. The van der Waals surface area contributed by atoms with E-state index in [-0.39, 0.29) is 0 Å². The second kappa shape index (κ2) is 2.53. The molecule has 1 heterocycles. The first-order valence-electron chi connectivity index (χ1n) is 2.83. The molecule has 1 N–H and O–H groups in total. The van der Waals surface area contributed by atoms with Gasteiger partial charge in [-0.15, -0.1) is 0 Å². The van der Waals surface area contributed by atoms with Gasteiger partial charge in [-0.1, -0.05) is 0 Å². The molecule has 0 spiro atoms. The van der Waals surface area contributed by atoms with E-state index in [0.29, 0.717) is 6.02 Å². The monoisotopic (exact) mass is 126 g/mol. The van der Waals surface area contributed by atoms with Crippen molar-refractivity contribution in [1.82, 2.24) is 5.32 Å². The zero-order chi connectivity index (χ0) is 6.69. The van der Waals surface area contributed by atoms with Crippen LogP contribution in [0.3, 0.4) is 0 Å². The highest BCUT2D eigenvalue weighted by Crippen LogP contribution is 1.96. The number of hydrogen-bond donors (Lipinski definition) is 1. The van der Waals surface area contributed by atoms with Crippen LogP contribution in [0.1, 0.15) is 6.92 Å². The molecule has 0 aromatic heterocycles. The fourth-order valence-corrected chi connectivity index (χ4v) is 0.596. The van der Waals surface area contributed by atoms with Crippen LogP contribution in [0.5, 0.6) is 0 Å². The lowest BCUT2D eigenvalue weighted by Gasteiger charge is -2.09. The van der Waals surface area contributed by atoms with Crippen molar-refractivity contribution in [1.29, 1.82) is 0 Å². The summed E-state index contributed by atoms with van der Waals surface area (Å²) in [5.41, 5.74) is 1.22. The van der Waals surface area contributed by atoms with E-state index < -0.39 is 0 Å². The van der Waals surface area contributed by atoms with E-state index in [1.54, 1.807) is 7.11 Å². The van der Waals surface area contributed by atoms with Crippen LogP contribution >= 0.6 is 0 Å². The largest absolute Gasteiger partial charge is 0.468 e. The van der Waals surface area contributed by atoms with Crippen LogP contribution in [0.4, 0.5) is 0 Å². The van der Waals surface area contributed by atoms with Gasteiger partial charge >= 0.3 is 0 Å². The Morgan fingerprint density at radius 3 is 3.00 bits per heavy atom. The Bertz CT molecular complexity index is 160. The average Bonchev–Trinajstić information content (AvgIpc) is 1.90. The summed E-state index contributed by atoms with van der Waals surface area (Å²) in [7, 11) is 1.60. The third-order valence-electron chi connectivity index (χ3n) is 1.11. The quantitative estimate of drug-likeness (QED) is 0.512. The zero-order valence-electron chi connectivity index (χ0n) is 5.64. The molecule has 0 saturated heterocycles. The highest BCUT2D eigenvalue weighted by atomic mass is 16.5. The molecule has 1 aliphatic rings. The Balaban J connectivity index is 2.48. The van der Waals surface area contributed by atoms with Crippen LogP contribution in [0.15, 0.2) is 16.8 Å². The molecule has 0 radical (unpaired) electrons. The maximum Gasteiger partial charge on any atom is 0.288 e. The van der Waals surface area contributed by atoms with Crippen molar-refractivity contribution < 1.29 is 4.74 Å². The average molecular weight is 126 g/mol. The molecule has 1 rings (SSSR count). The second-order valence-electron chi connectivity index (χ2n) is 1.96. The zero-order valence-corrected chi connectivity index (χ0v) is 5.64. The van der Waals surface area contributed by atoms with Gasteiger partial charge < -0.3 is 10.1 Å². The molecule has 0 aromatic carbocycles. The predicted molar refractivity (Wildman–Crippen MR) is 36.2 cm³/mol. The lowest BCUT2D eigenvalue weighted by molar-refractivity contribution is 0.384. The van der Waals surface area contributed by atoms with Crippen molar-refractivity contribution in [3.8, 4) is 0 Å². The third kappa shape index (κ3) is 1.45. The fourth-order valence-electron chi connectivity index (χ4n) is 0.596. The number of hydrogen-bond acceptors (Lipinski definition) is 3. The summed E-state index contributed by atoms with van der Waals surface area (Å²) in [4.78, 5) is 4.04. The molecule has 3 heteroatoms. The SMILES string of the molecule is COC1=NCC(C)=CN1. The van der Waals surface area contributed by atoms with Gasteiger partial charge in [-0.25, -0.2) is 4.99 Å². The van der Waals surface area contributed by atoms with E-state index in [1.807, 2.05) is 13.1 Å². The van der Waals surface area contributed by atoms with Crippen LogP contribution in [0.2, 0.25) is 0 Å². The summed E-state index contributed by atoms with van der Waals surface area (Å²) >= 11 is 0. The van der Waals surface area contributed by atoms with Gasteiger partial charge in [-0.05, 0) is 12.5 Å².